The third kappa shape index (κ3) is 3.08. The molecule has 1 aliphatic carbocycles. The van der Waals surface area contributed by atoms with Gasteiger partial charge in [-0.05, 0) is 31.6 Å². The Labute approximate surface area is 137 Å². The van der Waals surface area contributed by atoms with Crippen LogP contribution in [0.15, 0.2) is 0 Å². The summed E-state index contributed by atoms with van der Waals surface area (Å²) in [6.45, 7) is 7.54. The van der Waals surface area contributed by atoms with Crippen molar-refractivity contribution < 1.29 is 14.4 Å². The number of carbonyl (C=O) groups excluding carboxylic acids is 3. The van der Waals surface area contributed by atoms with Crippen LogP contribution in [-0.4, -0.2) is 71.7 Å². The van der Waals surface area contributed by atoms with E-state index >= 15 is 0 Å². The van der Waals surface area contributed by atoms with Crippen LogP contribution in [0.4, 0.5) is 0 Å². The first kappa shape index (κ1) is 16.3. The summed E-state index contributed by atoms with van der Waals surface area (Å²) in [5.74, 6) is 0.612. The minimum Gasteiger partial charge on any atom is -0.342 e. The second-order valence-corrected chi connectivity index (χ2v) is 7.38. The first-order valence-corrected chi connectivity index (χ1v) is 8.78. The molecule has 23 heavy (non-hydrogen) atoms. The van der Waals surface area contributed by atoms with Crippen molar-refractivity contribution in [3.05, 3.63) is 0 Å². The molecule has 1 unspecified atom stereocenters. The number of piperidine rings is 1. The third-order valence-corrected chi connectivity index (χ3v) is 5.53. The van der Waals surface area contributed by atoms with Gasteiger partial charge in [-0.1, -0.05) is 6.92 Å². The van der Waals surface area contributed by atoms with E-state index in [9.17, 15) is 14.4 Å². The molecule has 6 nitrogen and oxygen atoms in total. The van der Waals surface area contributed by atoms with E-state index < -0.39 is 5.41 Å². The van der Waals surface area contributed by atoms with Crippen molar-refractivity contribution in [2.24, 2.45) is 11.3 Å². The molecule has 6 heteroatoms. The molecule has 3 aliphatic rings. The third-order valence-electron chi connectivity index (χ3n) is 5.53. The molecule has 0 radical (unpaired) electrons. The van der Waals surface area contributed by atoms with Gasteiger partial charge in [-0.2, -0.15) is 0 Å². The molecular weight excluding hydrogens is 294 g/mol. The normalized spacial score (nSPS) is 26.9. The van der Waals surface area contributed by atoms with Crippen molar-refractivity contribution in [1.82, 2.24) is 14.7 Å². The van der Waals surface area contributed by atoms with Crippen LogP contribution in [0.25, 0.3) is 0 Å². The molecule has 2 aliphatic heterocycles. The number of piperazine rings is 1. The summed E-state index contributed by atoms with van der Waals surface area (Å²) in [5, 5.41) is 0. The van der Waals surface area contributed by atoms with E-state index in [0.29, 0.717) is 44.9 Å². The van der Waals surface area contributed by atoms with Crippen molar-refractivity contribution >= 4 is 17.7 Å². The van der Waals surface area contributed by atoms with Gasteiger partial charge in [0.05, 0.1) is 0 Å². The zero-order valence-corrected chi connectivity index (χ0v) is 14.2. The molecule has 3 fully saturated rings. The molecule has 0 spiro atoms. The van der Waals surface area contributed by atoms with Crippen LogP contribution in [0, 0.1) is 11.3 Å². The van der Waals surface area contributed by atoms with Crippen LogP contribution in [0.3, 0.4) is 0 Å². The fourth-order valence-electron chi connectivity index (χ4n) is 3.85. The molecule has 3 amide bonds. The predicted octanol–water partition coefficient (Wildman–Crippen LogP) is 0.716. The summed E-state index contributed by atoms with van der Waals surface area (Å²) in [4.78, 5) is 42.6. The molecule has 0 N–H and O–H groups in total. The predicted molar refractivity (Wildman–Crippen MR) is 85.5 cm³/mol. The SMILES string of the molecule is CC(=O)N1CCN(C(=O)C2(C(=O)N3CCCC(C)C3)CC2)CC1. The number of hydrogen-bond donors (Lipinski definition) is 0. The molecule has 0 aromatic carbocycles. The Morgan fingerprint density at radius 1 is 0.870 bits per heavy atom. The molecule has 3 rings (SSSR count). The fourth-order valence-corrected chi connectivity index (χ4v) is 3.85. The summed E-state index contributed by atoms with van der Waals surface area (Å²) >= 11 is 0. The van der Waals surface area contributed by atoms with Gasteiger partial charge in [0.2, 0.25) is 17.7 Å². The number of hydrogen-bond acceptors (Lipinski definition) is 3. The van der Waals surface area contributed by atoms with Gasteiger partial charge in [-0.25, -0.2) is 0 Å². The fraction of sp³-hybridized carbons (Fsp3) is 0.824. The van der Waals surface area contributed by atoms with Crippen LogP contribution in [-0.2, 0) is 14.4 Å². The number of carbonyl (C=O) groups is 3. The minimum absolute atomic E-state index is 0.0103. The Bertz CT molecular complexity index is 507. The number of amides is 3. The summed E-state index contributed by atoms with van der Waals surface area (Å²) in [6.07, 6.45) is 3.57. The zero-order chi connectivity index (χ0) is 16.6. The highest BCUT2D eigenvalue weighted by atomic mass is 16.2. The summed E-state index contributed by atoms with van der Waals surface area (Å²) in [6, 6.07) is 0. The maximum atomic E-state index is 12.9. The molecule has 0 aromatic heterocycles. The Kier molecular flexibility index (Phi) is 4.34. The lowest BCUT2D eigenvalue weighted by atomic mass is 9.96. The van der Waals surface area contributed by atoms with E-state index in [1.807, 2.05) is 4.90 Å². The summed E-state index contributed by atoms with van der Waals surface area (Å²) in [7, 11) is 0. The second-order valence-electron chi connectivity index (χ2n) is 7.38. The van der Waals surface area contributed by atoms with Gasteiger partial charge in [-0.15, -0.1) is 0 Å². The maximum Gasteiger partial charge on any atom is 0.238 e. The number of rotatable bonds is 2. The van der Waals surface area contributed by atoms with Crippen LogP contribution in [0.1, 0.15) is 39.5 Å². The van der Waals surface area contributed by atoms with E-state index in [0.717, 1.165) is 25.9 Å². The first-order valence-electron chi connectivity index (χ1n) is 8.78. The van der Waals surface area contributed by atoms with Crippen LogP contribution in [0.5, 0.6) is 0 Å². The Morgan fingerprint density at radius 3 is 1.96 bits per heavy atom. The molecule has 0 bridgehead atoms. The number of nitrogens with zero attached hydrogens (tertiary/aromatic N) is 3. The van der Waals surface area contributed by atoms with Crippen molar-refractivity contribution in [3.8, 4) is 0 Å². The average Bonchev–Trinajstić information content (AvgIpc) is 3.35. The number of likely N-dealkylation sites (tertiary alicyclic amines) is 1. The van der Waals surface area contributed by atoms with Crippen molar-refractivity contribution in [2.75, 3.05) is 39.3 Å². The molecular formula is C17H27N3O3. The van der Waals surface area contributed by atoms with E-state index in [-0.39, 0.29) is 17.7 Å². The highest BCUT2D eigenvalue weighted by Crippen LogP contribution is 2.49. The molecule has 2 heterocycles. The maximum absolute atomic E-state index is 12.9. The summed E-state index contributed by atoms with van der Waals surface area (Å²) < 4.78 is 0. The average molecular weight is 321 g/mol. The molecule has 1 atom stereocenters. The molecule has 0 aromatic rings. The standard InChI is InChI=1S/C17H27N3O3/c1-13-4-3-7-20(12-13)16(23)17(5-6-17)15(22)19-10-8-18(9-11-19)14(2)21/h13H,3-12H2,1-2H3. The molecule has 128 valence electrons. The van der Waals surface area contributed by atoms with Gasteiger partial charge >= 0.3 is 0 Å². The topological polar surface area (TPSA) is 60.9 Å². The second kappa shape index (κ2) is 6.13. The van der Waals surface area contributed by atoms with Crippen LogP contribution in [0.2, 0.25) is 0 Å². The smallest absolute Gasteiger partial charge is 0.238 e. The highest BCUT2D eigenvalue weighted by Gasteiger charge is 2.59. The Balaban J connectivity index is 1.62. The van der Waals surface area contributed by atoms with Crippen molar-refractivity contribution in [2.45, 2.75) is 39.5 Å². The largest absolute Gasteiger partial charge is 0.342 e. The van der Waals surface area contributed by atoms with Crippen LogP contribution >= 0.6 is 0 Å². The molecule has 2 saturated heterocycles. The minimum atomic E-state index is -0.782. The van der Waals surface area contributed by atoms with Crippen molar-refractivity contribution in [1.29, 1.82) is 0 Å². The quantitative estimate of drug-likeness (QED) is 0.704. The van der Waals surface area contributed by atoms with E-state index in [4.69, 9.17) is 0 Å². The van der Waals surface area contributed by atoms with Gasteiger partial charge in [0.1, 0.15) is 5.41 Å². The first-order chi connectivity index (χ1) is 10.9. The Morgan fingerprint density at radius 2 is 1.43 bits per heavy atom. The lowest BCUT2D eigenvalue weighted by Crippen LogP contribution is -2.55. The van der Waals surface area contributed by atoms with Gasteiger partial charge in [0.15, 0.2) is 0 Å². The van der Waals surface area contributed by atoms with Gasteiger partial charge in [0.25, 0.3) is 0 Å². The monoisotopic (exact) mass is 321 g/mol. The van der Waals surface area contributed by atoms with Crippen molar-refractivity contribution in [3.63, 3.8) is 0 Å². The summed E-state index contributed by atoms with van der Waals surface area (Å²) in [5.41, 5.74) is -0.782. The van der Waals surface area contributed by atoms with E-state index in [1.165, 1.54) is 0 Å². The zero-order valence-electron chi connectivity index (χ0n) is 14.2. The van der Waals surface area contributed by atoms with E-state index in [1.54, 1.807) is 16.7 Å². The van der Waals surface area contributed by atoms with Crippen LogP contribution < -0.4 is 0 Å². The lowest BCUT2D eigenvalue weighted by molar-refractivity contribution is -0.152. The van der Waals surface area contributed by atoms with Gasteiger partial charge in [0, 0.05) is 46.2 Å². The van der Waals surface area contributed by atoms with Gasteiger partial charge in [-0.3, -0.25) is 14.4 Å². The Hall–Kier alpha value is -1.59. The lowest BCUT2D eigenvalue weighted by Gasteiger charge is -2.38. The van der Waals surface area contributed by atoms with E-state index in [2.05, 4.69) is 6.92 Å². The highest BCUT2D eigenvalue weighted by molar-refractivity contribution is 6.08. The molecule has 1 saturated carbocycles. The van der Waals surface area contributed by atoms with Gasteiger partial charge < -0.3 is 14.7 Å².